The Bertz CT molecular complexity index is 50.0. The Hall–Kier alpha value is 0.310. The lowest BCUT2D eigenvalue weighted by Gasteiger charge is -2.00. The first kappa shape index (κ1) is 5.45. The SMILES string of the molecule is CCC1CSCO1. The Balaban J connectivity index is 2.14. The van der Waals surface area contributed by atoms with Crippen molar-refractivity contribution in [2.45, 2.75) is 19.4 Å². The summed E-state index contributed by atoms with van der Waals surface area (Å²) >= 11 is 1.88. The van der Waals surface area contributed by atoms with E-state index in [1.807, 2.05) is 11.8 Å². The van der Waals surface area contributed by atoms with Crippen LogP contribution in [0.2, 0.25) is 0 Å². The van der Waals surface area contributed by atoms with Crippen LogP contribution in [0, 0.1) is 0 Å². The number of hydrogen-bond donors (Lipinski definition) is 0. The zero-order valence-electron chi connectivity index (χ0n) is 4.52. The molecule has 1 fully saturated rings. The van der Waals surface area contributed by atoms with Crippen molar-refractivity contribution >= 4 is 11.8 Å². The van der Waals surface area contributed by atoms with Crippen LogP contribution in [0.1, 0.15) is 13.3 Å². The predicted molar refractivity (Wildman–Crippen MR) is 32.5 cm³/mol. The van der Waals surface area contributed by atoms with E-state index < -0.39 is 0 Å². The highest BCUT2D eigenvalue weighted by Crippen LogP contribution is 2.17. The fourth-order valence-corrected chi connectivity index (χ4v) is 1.59. The van der Waals surface area contributed by atoms with Crippen LogP contribution >= 0.6 is 11.8 Å². The van der Waals surface area contributed by atoms with Gasteiger partial charge >= 0.3 is 0 Å². The first-order valence-electron chi connectivity index (χ1n) is 2.63. The van der Waals surface area contributed by atoms with Crippen LogP contribution in [0.5, 0.6) is 0 Å². The van der Waals surface area contributed by atoms with Gasteiger partial charge < -0.3 is 4.74 Å². The molecule has 0 radical (unpaired) electrons. The minimum Gasteiger partial charge on any atom is -0.367 e. The molecule has 2 heteroatoms. The number of thioether (sulfide) groups is 1. The first-order valence-corrected chi connectivity index (χ1v) is 3.78. The van der Waals surface area contributed by atoms with Crippen LogP contribution < -0.4 is 0 Å². The van der Waals surface area contributed by atoms with E-state index in [1.165, 1.54) is 12.2 Å². The lowest BCUT2D eigenvalue weighted by Crippen LogP contribution is -2.04. The summed E-state index contributed by atoms with van der Waals surface area (Å²) in [6.07, 6.45) is 1.73. The summed E-state index contributed by atoms with van der Waals surface area (Å²) in [5.41, 5.74) is 0. The van der Waals surface area contributed by atoms with Gasteiger partial charge in [0, 0.05) is 5.75 Å². The summed E-state index contributed by atoms with van der Waals surface area (Å²) in [6, 6.07) is 0. The quantitative estimate of drug-likeness (QED) is 0.516. The summed E-state index contributed by atoms with van der Waals surface area (Å²) in [5, 5.41) is 0. The van der Waals surface area contributed by atoms with Gasteiger partial charge in [0.25, 0.3) is 0 Å². The van der Waals surface area contributed by atoms with E-state index in [0.717, 1.165) is 5.94 Å². The van der Waals surface area contributed by atoms with Crippen molar-refractivity contribution in [2.75, 3.05) is 11.7 Å². The number of hydrogen-bond acceptors (Lipinski definition) is 2. The van der Waals surface area contributed by atoms with E-state index >= 15 is 0 Å². The average Bonchev–Trinajstić information content (AvgIpc) is 2.14. The zero-order valence-corrected chi connectivity index (χ0v) is 5.33. The molecule has 0 spiro atoms. The van der Waals surface area contributed by atoms with Gasteiger partial charge in [0.15, 0.2) is 0 Å². The van der Waals surface area contributed by atoms with Crippen LogP contribution in [0.25, 0.3) is 0 Å². The predicted octanol–water partition coefficient (Wildman–Crippen LogP) is 1.49. The summed E-state index contributed by atoms with van der Waals surface area (Å²) in [5.74, 6) is 2.12. The zero-order chi connectivity index (χ0) is 5.11. The number of rotatable bonds is 1. The standard InChI is InChI=1S/C5H10OS/c1-2-5-3-7-4-6-5/h5H,2-4H2,1H3. The van der Waals surface area contributed by atoms with Gasteiger partial charge in [-0.3, -0.25) is 0 Å². The molecule has 0 aromatic rings. The average molecular weight is 118 g/mol. The molecular weight excluding hydrogens is 108 g/mol. The molecule has 0 aliphatic carbocycles. The smallest absolute Gasteiger partial charge is 0.0926 e. The molecule has 1 saturated heterocycles. The van der Waals surface area contributed by atoms with Crippen molar-refractivity contribution in [2.24, 2.45) is 0 Å². The molecule has 1 unspecified atom stereocenters. The van der Waals surface area contributed by atoms with E-state index in [2.05, 4.69) is 6.92 Å². The Morgan fingerprint density at radius 1 is 1.86 bits per heavy atom. The Labute approximate surface area is 48.4 Å². The van der Waals surface area contributed by atoms with E-state index in [4.69, 9.17) is 4.74 Å². The summed E-state index contributed by atoms with van der Waals surface area (Å²) in [4.78, 5) is 0. The molecule has 0 aromatic heterocycles. The minimum absolute atomic E-state index is 0.560. The maximum Gasteiger partial charge on any atom is 0.0926 e. The fraction of sp³-hybridized carbons (Fsp3) is 1.00. The highest BCUT2D eigenvalue weighted by Gasteiger charge is 2.11. The second-order valence-corrected chi connectivity index (χ2v) is 2.66. The van der Waals surface area contributed by atoms with Crippen LogP contribution in [0.3, 0.4) is 0 Å². The van der Waals surface area contributed by atoms with Gasteiger partial charge in [-0.1, -0.05) is 6.92 Å². The van der Waals surface area contributed by atoms with E-state index in [9.17, 15) is 0 Å². The largest absolute Gasteiger partial charge is 0.367 e. The molecule has 7 heavy (non-hydrogen) atoms. The maximum absolute atomic E-state index is 5.27. The lowest BCUT2D eigenvalue weighted by molar-refractivity contribution is 0.121. The molecule has 1 aliphatic rings. The first-order chi connectivity index (χ1) is 3.43. The van der Waals surface area contributed by atoms with Crippen molar-refractivity contribution in [1.29, 1.82) is 0 Å². The van der Waals surface area contributed by atoms with Crippen molar-refractivity contribution < 1.29 is 4.74 Å². The van der Waals surface area contributed by atoms with Gasteiger partial charge in [0.1, 0.15) is 0 Å². The second-order valence-electron chi connectivity index (χ2n) is 1.69. The van der Waals surface area contributed by atoms with Gasteiger partial charge in [0.05, 0.1) is 12.0 Å². The third-order valence-electron chi connectivity index (χ3n) is 1.15. The molecule has 1 rings (SSSR count). The maximum atomic E-state index is 5.27. The highest BCUT2D eigenvalue weighted by atomic mass is 32.2. The molecule has 1 atom stereocenters. The molecule has 42 valence electrons. The Morgan fingerprint density at radius 2 is 2.71 bits per heavy atom. The van der Waals surface area contributed by atoms with Gasteiger partial charge in [0.2, 0.25) is 0 Å². The highest BCUT2D eigenvalue weighted by molar-refractivity contribution is 7.99. The minimum atomic E-state index is 0.560. The molecule has 0 N–H and O–H groups in total. The van der Waals surface area contributed by atoms with Crippen molar-refractivity contribution in [1.82, 2.24) is 0 Å². The summed E-state index contributed by atoms with van der Waals surface area (Å²) in [6.45, 7) is 2.16. The van der Waals surface area contributed by atoms with E-state index in [-0.39, 0.29) is 0 Å². The summed E-state index contributed by atoms with van der Waals surface area (Å²) < 4.78 is 5.27. The molecule has 0 amide bonds. The van der Waals surface area contributed by atoms with E-state index in [0.29, 0.717) is 6.10 Å². The molecule has 1 aliphatic heterocycles. The Kier molecular flexibility index (Phi) is 2.00. The summed E-state index contributed by atoms with van der Waals surface area (Å²) in [7, 11) is 0. The van der Waals surface area contributed by atoms with Gasteiger partial charge in [-0.25, -0.2) is 0 Å². The van der Waals surface area contributed by atoms with Crippen LogP contribution in [0.4, 0.5) is 0 Å². The monoisotopic (exact) mass is 118 g/mol. The normalized spacial score (nSPS) is 31.3. The molecule has 1 nitrogen and oxygen atoms in total. The van der Waals surface area contributed by atoms with Crippen LogP contribution in [-0.2, 0) is 4.74 Å². The van der Waals surface area contributed by atoms with Crippen molar-refractivity contribution in [3.05, 3.63) is 0 Å². The third kappa shape index (κ3) is 1.35. The second kappa shape index (κ2) is 2.58. The molecule has 0 bridgehead atoms. The molecule has 0 aromatic carbocycles. The third-order valence-corrected chi connectivity index (χ3v) is 2.06. The van der Waals surface area contributed by atoms with E-state index in [1.54, 1.807) is 0 Å². The van der Waals surface area contributed by atoms with Gasteiger partial charge in [-0.2, -0.15) is 0 Å². The van der Waals surface area contributed by atoms with Crippen molar-refractivity contribution in [3.63, 3.8) is 0 Å². The molecule has 0 saturated carbocycles. The van der Waals surface area contributed by atoms with Gasteiger partial charge in [-0.05, 0) is 6.42 Å². The van der Waals surface area contributed by atoms with Crippen LogP contribution in [0.15, 0.2) is 0 Å². The molecular formula is C5H10OS. The molecule has 1 heterocycles. The van der Waals surface area contributed by atoms with Gasteiger partial charge in [-0.15, -0.1) is 11.8 Å². The fourth-order valence-electron chi connectivity index (χ4n) is 0.608. The Morgan fingerprint density at radius 3 is 3.00 bits per heavy atom. The lowest BCUT2D eigenvalue weighted by atomic mass is 10.3. The van der Waals surface area contributed by atoms with Crippen LogP contribution in [-0.4, -0.2) is 17.8 Å². The van der Waals surface area contributed by atoms with Crippen molar-refractivity contribution in [3.8, 4) is 0 Å². The topological polar surface area (TPSA) is 9.23 Å². The number of ether oxygens (including phenoxy) is 1.